The van der Waals surface area contributed by atoms with Crippen LogP contribution in [0.4, 0.5) is 5.95 Å². The van der Waals surface area contributed by atoms with Crippen LogP contribution in [0.2, 0.25) is 0 Å². The van der Waals surface area contributed by atoms with Crippen molar-refractivity contribution in [2.24, 2.45) is 0 Å². The number of aromatic nitrogens is 2. The smallest absolute Gasteiger partial charge is 0.341 e. The van der Waals surface area contributed by atoms with Gasteiger partial charge >= 0.3 is 11.9 Å². The number of esters is 1. The Morgan fingerprint density at radius 2 is 2.14 bits per heavy atom. The second-order valence-corrected chi connectivity index (χ2v) is 4.20. The summed E-state index contributed by atoms with van der Waals surface area (Å²) < 4.78 is 9.83. The van der Waals surface area contributed by atoms with E-state index in [2.05, 4.69) is 9.97 Å². The molecule has 0 aromatic carbocycles. The third kappa shape index (κ3) is 4.99. The molecule has 0 aliphatic heterocycles. The number of carbonyl (C=O) groups is 2. The Morgan fingerprint density at radius 3 is 2.67 bits per heavy atom. The fraction of sp³-hybridized carbons (Fsp3) is 0.538. The summed E-state index contributed by atoms with van der Waals surface area (Å²) in [6, 6.07) is 0. The fourth-order valence-corrected chi connectivity index (χ4v) is 1.63. The molecular formula is C13H19N3O5. The van der Waals surface area contributed by atoms with Crippen molar-refractivity contribution in [3.05, 3.63) is 17.5 Å². The van der Waals surface area contributed by atoms with Crippen molar-refractivity contribution in [3.63, 3.8) is 0 Å². The van der Waals surface area contributed by atoms with E-state index in [1.54, 1.807) is 13.8 Å². The minimum Gasteiger partial charge on any atom is -0.480 e. The Balaban J connectivity index is 2.96. The van der Waals surface area contributed by atoms with Gasteiger partial charge in [-0.15, -0.1) is 0 Å². The number of hydrogen-bond acceptors (Lipinski definition) is 7. The predicted octanol–water partition coefficient (Wildman–Crippen LogP) is 0.499. The van der Waals surface area contributed by atoms with Gasteiger partial charge in [0.25, 0.3) is 0 Å². The summed E-state index contributed by atoms with van der Waals surface area (Å²) in [4.78, 5) is 32.2. The average molecular weight is 297 g/mol. The molecule has 0 amide bonds. The number of ether oxygens (including phenoxy) is 2. The van der Waals surface area contributed by atoms with Gasteiger partial charge in [-0.1, -0.05) is 0 Å². The zero-order chi connectivity index (χ0) is 15.8. The first-order chi connectivity index (χ1) is 9.99. The topological polar surface area (TPSA) is 102 Å². The van der Waals surface area contributed by atoms with Crippen molar-refractivity contribution < 1.29 is 24.2 Å². The normalized spacial score (nSPS) is 10.2. The SMILES string of the molecule is CCOC(=O)c1cnc(N(CCOC)CC(=O)O)nc1C. The second kappa shape index (κ2) is 8.15. The van der Waals surface area contributed by atoms with Gasteiger partial charge in [0.15, 0.2) is 0 Å². The first-order valence-electron chi connectivity index (χ1n) is 6.46. The van der Waals surface area contributed by atoms with Crippen molar-refractivity contribution in [2.75, 3.05) is 38.3 Å². The lowest BCUT2D eigenvalue weighted by molar-refractivity contribution is -0.135. The van der Waals surface area contributed by atoms with E-state index in [1.165, 1.54) is 18.2 Å². The molecule has 0 saturated heterocycles. The minimum absolute atomic E-state index is 0.236. The third-order valence-corrected chi connectivity index (χ3v) is 2.64. The summed E-state index contributed by atoms with van der Waals surface area (Å²) in [6.07, 6.45) is 1.34. The number of methoxy groups -OCH3 is 1. The molecule has 1 aromatic heterocycles. The number of carbonyl (C=O) groups excluding carboxylic acids is 1. The van der Waals surface area contributed by atoms with Crippen LogP contribution in [0.25, 0.3) is 0 Å². The third-order valence-electron chi connectivity index (χ3n) is 2.64. The molecular weight excluding hydrogens is 278 g/mol. The van der Waals surface area contributed by atoms with Crippen LogP contribution in [-0.4, -0.2) is 60.4 Å². The van der Waals surface area contributed by atoms with E-state index in [0.29, 0.717) is 18.8 Å². The van der Waals surface area contributed by atoms with Crippen LogP contribution in [0.5, 0.6) is 0 Å². The molecule has 8 nitrogen and oxygen atoms in total. The highest BCUT2D eigenvalue weighted by Crippen LogP contribution is 2.12. The maximum absolute atomic E-state index is 11.7. The maximum Gasteiger partial charge on any atom is 0.341 e. The predicted molar refractivity (Wildman–Crippen MR) is 74.5 cm³/mol. The van der Waals surface area contributed by atoms with Crippen LogP contribution in [0.3, 0.4) is 0 Å². The molecule has 1 N–H and O–H groups in total. The molecule has 0 unspecified atom stereocenters. The Hall–Kier alpha value is -2.22. The molecule has 0 spiro atoms. The average Bonchev–Trinajstić information content (AvgIpc) is 2.43. The number of nitrogens with zero attached hydrogens (tertiary/aromatic N) is 3. The zero-order valence-corrected chi connectivity index (χ0v) is 12.3. The zero-order valence-electron chi connectivity index (χ0n) is 12.3. The summed E-state index contributed by atoms with van der Waals surface area (Å²) in [5.74, 6) is -1.26. The van der Waals surface area contributed by atoms with E-state index in [0.717, 1.165) is 0 Å². The van der Waals surface area contributed by atoms with Crippen LogP contribution in [0.15, 0.2) is 6.20 Å². The highest BCUT2D eigenvalue weighted by Gasteiger charge is 2.17. The molecule has 1 aromatic rings. The van der Waals surface area contributed by atoms with Crippen molar-refractivity contribution in [2.45, 2.75) is 13.8 Å². The van der Waals surface area contributed by atoms with Gasteiger partial charge in [0.1, 0.15) is 6.54 Å². The summed E-state index contributed by atoms with van der Waals surface area (Å²) in [5, 5.41) is 8.91. The molecule has 0 radical (unpaired) electrons. The van der Waals surface area contributed by atoms with Crippen LogP contribution < -0.4 is 4.90 Å². The summed E-state index contributed by atoms with van der Waals surface area (Å²) in [6.45, 7) is 4.05. The van der Waals surface area contributed by atoms with Crippen molar-refractivity contribution in [3.8, 4) is 0 Å². The van der Waals surface area contributed by atoms with E-state index >= 15 is 0 Å². The Morgan fingerprint density at radius 1 is 1.43 bits per heavy atom. The van der Waals surface area contributed by atoms with Gasteiger partial charge in [-0.2, -0.15) is 0 Å². The first-order valence-corrected chi connectivity index (χ1v) is 6.46. The fourth-order valence-electron chi connectivity index (χ4n) is 1.63. The number of carboxylic acid groups (broad SMARTS) is 1. The van der Waals surface area contributed by atoms with Gasteiger partial charge in [-0.05, 0) is 13.8 Å². The molecule has 0 fully saturated rings. The largest absolute Gasteiger partial charge is 0.480 e. The molecule has 1 heterocycles. The number of hydrogen-bond donors (Lipinski definition) is 1. The van der Waals surface area contributed by atoms with Crippen LogP contribution >= 0.6 is 0 Å². The van der Waals surface area contributed by atoms with E-state index in [4.69, 9.17) is 14.6 Å². The second-order valence-electron chi connectivity index (χ2n) is 4.20. The first kappa shape index (κ1) is 16.8. The number of rotatable bonds is 8. The lowest BCUT2D eigenvalue weighted by atomic mass is 10.2. The Labute approximate surface area is 122 Å². The van der Waals surface area contributed by atoms with Gasteiger partial charge < -0.3 is 19.5 Å². The number of anilines is 1. The van der Waals surface area contributed by atoms with Crippen LogP contribution in [-0.2, 0) is 14.3 Å². The van der Waals surface area contributed by atoms with Gasteiger partial charge in [-0.3, -0.25) is 4.79 Å². The lowest BCUT2D eigenvalue weighted by Crippen LogP contribution is -2.34. The minimum atomic E-state index is -0.998. The molecule has 1 rings (SSSR count). The maximum atomic E-state index is 11.7. The Bertz CT molecular complexity index is 507. The van der Waals surface area contributed by atoms with E-state index in [-0.39, 0.29) is 24.7 Å². The number of aryl methyl sites for hydroxylation is 1. The number of carboxylic acids is 1. The van der Waals surface area contributed by atoms with Gasteiger partial charge in [0, 0.05) is 19.9 Å². The summed E-state index contributed by atoms with van der Waals surface area (Å²) in [7, 11) is 1.52. The molecule has 0 bridgehead atoms. The Kier molecular flexibility index (Phi) is 6.54. The lowest BCUT2D eigenvalue weighted by Gasteiger charge is -2.20. The van der Waals surface area contributed by atoms with Gasteiger partial charge in [0.05, 0.1) is 24.5 Å². The summed E-state index contributed by atoms with van der Waals surface area (Å²) in [5.41, 5.74) is 0.703. The van der Waals surface area contributed by atoms with Crippen LogP contribution in [0.1, 0.15) is 23.0 Å². The molecule has 116 valence electrons. The molecule has 8 heteroatoms. The number of aliphatic carboxylic acids is 1. The molecule has 0 aliphatic carbocycles. The highest BCUT2D eigenvalue weighted by molar-refractivity contribution is 5.90. The van der Waals surface area contributed by atoms with Crippen molar-refractivity contribution in [1.82, 2.24) is 9.97 Å². The van der Waals surface area contributed by atoms with Crippen molar-refractivity contribution >= 4 is 17.9 Å². The van der Waals surface area contributed by atoms with Gasteiger partial charge in [-0.25, -0.2) is 14.8 Å². The van der Waals surface area contributed by atoms with Crippen molar-refractivity contribution in [1.29, 1.82) is 0 Å². The molecule has 0 saturated carbocycles. The monoisotopic (exact) mass is 297 g/mol. The quantitative estimate of drug-likeness (QED) is 0.692. The molecule has 0 aliphatic rings. The van der Waals surface area contributed by atoms with E-state index in [1.807, 2.05) is 0 Å². The van der Waals surface area contributed by atoms with E-state index in [9.17, 15) is 9.59 Å². The van der Waals surface area contributed by atoms with Gasteiger partial charge in [0.2, 0.25) is 5.95 Å². The highest BCUT2D eigenvalue weighted by atomic mass is 16.5. The van der Waals surface area contributed by atoms with E-state index < -0.39 is 11.9 Å². The summed E-state index contributed by atoms with van der Waals surface area (Å²) >= 11 is 0. The van der Waals surface area contributed by atoms with Crippen LogP contribution in [0, 0.1) is 6.92 Å². The standard InChI is InChI=1S/C13H19N3O5/c1-4-21-12(19)10-7-14-13(15-9(10)2)16(5-6-20-3)8-11(17)18/h7H,4-6,8H2,1-3H3,(H,17,18). The molecule has 0 atom stereocenters. The molecule has 21 heavy (non-hydrogen) atoms.